The van der Waals surface area contributed by atoms with Crippen LogP contribution in [0.4, 0.5) is 0 Å². The zero-order valence-electron chi connectivity index (χ0n) is 9.93. The molecular formula is C15H13ClO2. The lowest BCUT2D eigenvalue weighted by Crippen LogP contribution is -2.07. The summed E-state index contributed by atoms with van der Waals surface area (Å²) in [6.07, 6.45) is 0. The van der Waals surface area contributed by atoms with Crippen molar-refractivity contribution in [3.8, 4) is 11.1 Å². The van der Waals surface area contributed by atoms with Gasteiger partial charge in [0, 0.05) is 5.02 Å². The van der Waals surface area contributed by atoms with Gasteiger partial charge in [-0.3, -0.25) is 4.79 Å². The molecule has 0 spiro atoms. The SMILES string of the molecule is C[C@@H](C(=O)O)c1cccc(-c2ccc(Cl)cc2)c1. The van der Waals surface area contributed by atoms with E-state index in [1.54, 1.807) is 6.92 Å². The third kappa shape index (κ3) is 2.71. The molecule has 0 amide bonds. The number of halogens is 1. The van der Waals surface area contributed by atoms with Gasteiger partial charge in [0.05, 0.1) is 5.92 Å². The zero-order valence-corrected chi connectivity index (χ0v) is 10.7. The summed E-state index contributed by atoms with van der Waals surface area (Å²) in [6, 6.07) is 15.1. The van der Waals surface area contributed by atoms with Gasteiger partial charge in [-0.1, -0.05) is 48.0 Å². The molecular weight excluding hydrogens is 248 g/mol. The van der Waals surface area contributed by atoms with E-state index in [0.29, 0.717) is 5.02 Å². The quantitative estimate of drug-likeness (QED) is 0.898. The summed E-state index contributed by atoms with van der Waals surface area (Å²) in [7, 11) is 0. The van der Waals surface area contributed by atoms with E-state index in [1.807, 2.05) is 48.5 Å². The van der Waals surface area contributed by atoms with Gasteiger partial charge in [0.2, 0.25) is 0 Å². The molecule has 0 aliphatic rings. The largest absolute Gasteiger partial charge is 0.481 e. The van der Waals surface area contributed by atoms with Gasteiger partial charge < -0.3 is 5.11 Å². The van der Waals surface area contributed by atoms with Crippen LogP contribution in [0, 0.1) is 0 Å². The minimum absolute atomic E-state index is 0.503. The van der Waals surface area contributed by atoms with Crippen molar-refractivity contribution in [3.05, 3.63) is 59.1 Å². The fourth-order valence-electron chi connectivity index (χ4n) is 1.77. The average molecular weight is 261 g/mol. The van der Waals surface area contributed by atoms with E-state index in [1.165, 1.54) is 0 Å². The summed E-state index contributed by atoms with van der Waals surface area (Å²) in [6.45, 7) is 1.68. The molecule has 0 aromatic heterocycles. The van der Waals surface area contributed by atoms with Crippen molar-refractivity contribution in [2.24, 2.45) is 0 Å². The summed E-state index contributed by atoms with van der Waals surface area (Å²) in [5.74, 6) is -1.32. The van der Waals surface area contributed by atoms with Crippen LogP contribution in [0.5, 0.6) is 0 Å². The molecule has 18 heavy (non-hydrogen) atoms. The zero-order chi connectivity index (χ0) is 13.1. The smallest absolute Gasteiger partial charge is 0.310 e. The molecule has 1 atom stereocenters. The van der Waals surface area contributed by atoms with Gasteiger partial charge in [0.15, 0.2) is 0 Å². The molecule has 2 aromatic rings. The van der Waals surface area contributed by atoms with Gasteiger partial charge in [0.1, 0.15) is 0 Å². The number of carboxylic acid groups (broad SMARTS) is 1. The molecule has 0 heterocycles. The lowest BCUT2D eigenvalue weighted by Gasteiger charge is -2.09. The highest BCUT2D eigenvalue weighted by molar-refractivity contribution is 6.30. The maximum atomic E-state index is 11.0. The molecule has 0 radical (unpaired) electrons. The fourth-order valence-corrected chi connectivity index (χ4v) is 1.90. The number of carbonyl (C=O) groups is 1. The first-order chi connectivity index (χ1) is 8.58. The second-order valence-electron chi connectivity index (χ2n) is 4.19. The van der Waals surface area contributed by atoms with Gasteiger partial charge in [-0.25, -0.2) is 0 Å². The number of rotatable bonds is 3. The second kappa shape index (κ2) is 5.23. The van der Waals surface area contributed by atoms with Gasteiger partial charge in [0.25, 0.3) is 0 Å². The number of carboxylic acids is 1. The number of benzene rings is 2. The topological polar surface area (TPSA) is 37.3 Å². The predicted molar refractivity (Wildman–Crippen MR) is 72.9 cm³/mol. The van der Waals surface area contributed by atoms with Gasteiger partial charge >= 0.3 is 5.97 Å². The first-order valence-corrected chi connectivity index (χ1v) is 6.04. The number of hydrogen-bond acceptors (Lipinski definition) is 1. The van der Waals surface area contributed by atoms with Crippen LogP contribution in [0.2, 0.25) is 5.02 Å². The van der Waals surface area contributed by atoms with E-state index in [0.717, 1.165) is 16.7 Å². The Kier molecular flexibility index (Phi) is 3.68. The molecule has 2 nitrogen and oxygen atoms in total. The first-order valence-electron chi connectivity index (χ1n) is 5.66. The van der Waals surface area contributed by atoms with Crippen molar-refractivity contribution in [3.63, 3.8) is 0 Å². The normalized spacial score (nSPS) is 12.1. The summed E-state index contributed by atoms with van der Waals surface area (Å²) in [5, 5.41) is 9.70. The molecule has 0 fully saturated rings. The van der Waals surface area contributed by atoms with E-state index in [2.05, 4.69) is 0 Å². The Labute approximate surface area is 111 Å². The van der Waals surface area contributed by atoms with Crippen LogP contribution in [0.3, 0.4) is 0 Å². The van der Waals surface area contributed by atoms with Crippen molar-refractivity contribution >= 4 is 17.6 Å². The monoisotopic (exact) mass is 260 g/mol. The summed E-state index contributed by atoms with van der Waals surface area (Å²) in [5.41, 5.74) is 2.83. The highest BCUT2D eigenvalue weighted by Crippen LogP contribution is 2.25. The Hall–Kier alpha value is -1.80. The Bertz CT molecular complexity index is 561. The summed E-state index contributed by atoms with van der Waals surface area (Å²) >= 11 is 5.84. The minimum Gasteiger partial charge on any atom is -0.481 e. The van der Waals surface area contributed by atoms with Crippen LogP contribution < -0.4 is 0 Å². The molecule has 0 unspecified atom stereocenters. The molecule has 0 aliphatic heterocycles. The minimum atomic E-state index is -0.816. The molecule has 3 heteroatoms. The maximum Gasteiger partial charge on any atom is 0.310 e. The van der Waals surface area contributed by atoms with Crippen LogP contribution in [0.1, 0.15) is 18.4 Å². The molecule has 2 rings (SSSR count). The van der Waals surface area contributed by atoms with E-state index < -0.39 is 11.9 Å². The Morgan fingerprint density at radius 1 is 1.11 bits per heavy atom. The number of aliphatic carboxylic acids is 1. The predicted octanol–water partition coefficient (Wildman–Crippen LogP) is 4.20. The highest BCUT2D eigenvalue weighted by Gasteiger charge is 2.13. The van der Waals surface area contributed by atoms with Crippen molar-refractivity contribution in [2.75, 3.05) is 0 Å². The van der Waals surface area contributed by atoms with Gasteiger partial charge in [-0.05, 0) is 35.7 Å². The van der Waals surface area contributed by atoms with Crippen molar-refractivity contribution in [2.45, 2.75) is 12.8 Å². The Morgan fingerprint density at radius 3 is 2.39 bits per heavy atom. The lowest BCUT2D eigenvalue weighted by molar-refractivity contribution is -0.138. The Morgan fingerprint density at radius 2 is 1.78 bits per heavy atom. The third-order valence-electron chi connectivity index (χ3n) is 2.93. The maximum absolute atomic E-state index is 11.0. The van der Waals surface area contributed by atoms with Gasteiger partial charge in [-0.2, -0.15) is 0 Å². The molecule has 0 saturated heterocycles. The van der Waals surface area contributed by atoms with Crippen LogP contribution >= 0.6 is 11.6 Å². The van der Waals surface area contributed by atoms with Crippen LogP contribution in [-0.4, -0.2) is 11.1 Å². The van der Waals surface area contributed by atoms with E-state index in [-0.39, 0.29) is 0 Å². The van der Waals surface area contributed by atoms with E-state index in [4.69, 9.17) is 16.7 Å². The van der Waals surface area contributed by atoms with E-state index in [9.17, 15) is 4.79 Å². The molecule has 2 aromatic carbocycles. The molecule has 0 bridgehead atoms. The van der Waals surface area contributed by atoms with Crippen molar-refractivity contribution in [1.82, 2.24) is 0 Å². The highest BCUT2D eigenvalue weighted by atomic mass is 35.5. The van der Waals surface area contributed by atoms with Crippen molar-refractivity contribution < 1.29 is 9.90 Å². The lowest BCUT2D eigenvalue weighted by atomic mass is 9.96. The molecule has 0 aliphatic carbocycles. The van der Waals surface area contributed by atoms with Crippen molar-refractivity contribution in [1.29, 1.82) is 0 Å². The third-order valence-corrected chi connectivity index (χ3v) is 3.19. The second-order valence-corrected chi connectivity index (χ2v) is 4.63. The van der Waals surface area contributed by atoms with E-state index >= 15 is 0 Å². The molecule has 0 saturated carbocycles. The van der Waals surface area contributed by atoms with Crippen LogP contribution in [0.15, 0.2) is 48.5 Å². The van der Waals surface area contributed by atoms with Crippen LogP contribution in [0.25, 0.3) is 11.1 Å². The summed E-state index contributed by atoms with van der Waals surface area (Å²) < 4.78 is 0. The standard InChI is InChI=1S/C15H13ClO2/c1-10(15(17)18)12-3-2-4-13(9-12)11-5-7-14(16)8-6-11/h2-10H,1H3,(H,17,18)/t10-/m1/s1. The van der Waals surface area contributed by atoms with Gasteiger partial charge in [-0.15, -0.1) is 0 Å². The number of hydrogen-bond donors (Lipinski definition) is 1. The first kappa shape index (κ1) is 12.7. The fraction of sp³-hybridized carbons (Fsp3) is 0.133. The molecule has 92 valence electrons. The molecule has 1 N–H and O–H groups in total. The Balaban J connectivity index is 2.38. The average Bonchev–Trinajstić information content (AvgIpc) is 2.38. The summed E-state index contributed by atoms with van der Waals surface area (Å²) in [4.78, 5) is 11.0. The van der Waals surface area contributed by atoms with Crippen LogP contribution in [-0.2, 0) is 4.79 Å².